The van der Waals surface area contributed by atoms with E-state index in [1.165, 1.54) is 16.7 Å². The van der Waals surface area contributed by atoms with Crippen molar-refractivity contribution in [2.75, 3.05) is 13.1 Å². The van der Waals surface area contributed by atoms with Crippen LogP contribution in [0.15, 0.2) is 18.2 Å². The highest BCUT2D eigenvalue weighted by molar-refractivity contribution is 9.08. The van der Waals surface area contributed by atoms with Crippen LogP contribution in [-0.4, -0.2) is 23.9 Å². The minimum atomic E-state index is 0.367. The maximum absolute atomic E-state index is 12.1. The highest BCUT2D eigenvalue weighted by Crippen LogP contribution is 2.35. The molecule has 0 unspecified atom stereocenters. The fourth-order valence-corrected chi connectivity index (χ4v) is 3.79. The molecule has 1 aliphatic heterocycles. The Kier molecular flexibility index (Phi) is 4.68. The van der Waals surface area contributed by atoms with Crippen LogP contribution in [-0.2, 0) is 16.5 Å². The van der Waals surface area contributed by atoms with Crippen LogP contribution >= 0.6 is 15.9 Å². The average molecular weight is 350 g/mol. The fraction of sp³-hybridized carbons (Fsp3) is 0.611. The second-order valence-electron chi connectivity index (χ2n) is 6.39. The van der Waals surface area contributed by atoms with Crippen LogP contribution in [0, 0.1) is 5.92 Å². The van der Waals surface area contributed by atoms with Gasteiger partial charge in [-0.15, -0.1) is 0 Å². The van der Waals surface area contributed by atoms with Gasteiger partial charge in [-0.2, -0.15) is 0 Å². The molecule has 1 amide bonds. The number of hydrogen-bond donors (Lipinski definition) is 0. The molecule has 2 aliphatic rings. The SMILES string of the molecule is CCc1cc(CBr)ccc1C1CCN(C(=O)C2CC2)CC1. The molecule has 1 aromatic carbocycles. The van der Waals surface area contributed by atoms with Gasteiger partial charge in [-0.1, -0.05) is 41.1 Å². The first kappa shape index (κ1) is 15.1. The molecule has 1 aromatic rings. The molecular weight excluding hydrogens is 326 g/mol. The summed E-state index contributed by atoms with van der Waals surface area (Å²) in [6.45, 7) is 4.13. The number of hydrogen-bond acceptors (Lipinski definition) is 1. The zero-order chi connectivity index (χ0) is 14.8. The molecule has 3 heteroatoms. The Morgan fingerprint density at radius 3 is 2.52 bits per heavy atom. The Bertz CT molecular complexity index is 516. The standard InChI is InChI=1S/C18H24BrNO/c1-2-14-11-13(12-19)3-6-17(14)15-7-9-20(10-8-15)18(21)16-4-5-16/h3,6,11,15-16H,2,4-5,7-10,12H2,1H3. The molecular formula is C18H24BrNO. The van der Waals surface area contributed by atoms with Gasteiger partial charge in [0.05, 0.1) is 0 Å². The van der Waals surface area contributed by atoms with Crippen LogP contribution in [0.5, 0.6) is 0 Å². The zero-order valence-electron chi connectivity index (χ0n) is 12.8. The van der Waals surface area contributed by atoms with Gasteiger partial charge >= 0.3 is 0 Å². The molecule has 1 aliphatic carbocycles. The molecule has 0 spiro atoms. The molecule has 1 saturated heterocycles. The summed E-state index contributed by atoms with van der Waals surface area (Å²) in [6, 6.07) is 6.90. The van der Waals surface area contributed by atoms with Gasteiger partial charge < -0.3 is 4.90 Å². The molecule has 0 atom stereocenters. The van der Waals surface area contributed by atoms with Crippen LogP contribution in [0.4, 0.5) is 0 Å². The van der Waals surface area contributed by atoms with Crippen molar-refractivity contribution in [2.45, 2.75) is 50.3 Å². The number of aryl methyl sites for hydroxylation is 1. The summed E-state index contributed by atoms with van der Waals surface area (Å²) in [4.78, 5) is 14.2. The molecule has 0 N–H and O–H groups in total. The molecule has 2 nitrogen and oxygen atoms in total. The fourth-order valence-electron chi connectivity index (χ4n) is 3.45. The predicted octanol–water partition coefficient (Wildman–Crippen LogP) is 4.26. The number of carbonyl (C=O) groups excluding carboxylic acids is 1. The molecule has 114 valence electrons. The number of carbonyl (C=O) groups is 1. The number of benzene rings is 1. The minimum absolute atomic E-state index is 0.367. The molecule has 21 heavy (non-hydrogen) atoms. The van der Waals surface area contributed by atoms with Crippen LogP contribution in [0.1, 0.15) is 55.2 Å². The highest BCUT2D eigenvalue weighted by Gasteiger charge is 2.35. The first-order valence-electron chi connectivity index (χ1n) is 8.19. The predicted molar refractivity (Wildman–Crippen MR) is 89.7 cm³/mol. The third-order valence-corrected chi connectivity index (χ3v) is 5.56. The number of halogens is 1. The third kappa shape index (κ3) is 3.33. The van der Waals surface area contributed by atoms with Crippen LogP contribution in [0.25, 0.3) is 0 Å². The number of piperidine rings is 1. The summed E-state index contributed by atoms with van der Waals surface area (Å²) in [5.74, 6) is 1.41. The van der Waals surface area contributed by atoms with Gasteiger partial charge in [-0.3, -0.25) is 4.79 Å². The maximum Gasteiger partial charge on any atom is 0.225 e. The lowest BCUT2D eigenvalue weighted by atomic mass is 9.85. The Morgan fingerprint density at radius 1 is 1.24 bits per heavy atom. The second kappa shape index (κ2) is 6.51. The van der Waals surface area contributed by atoms with Gasteiger partial charge in [-0.05, 0) is 54.7 Å². The first-order valence-corrected chi connectivity index (χ1v) is 9.31. The lowest BCUT2D eigenvalue weighted by molar-refractivity contribution is -0.133. The van der Waals surface area contributed by atoms with Crippen molar-refractivity contribution in [1.82, 2.24) is 4.90 Å². The number of likely N-dealkylation sites (tertiary alicyclic amines) is 1. The highest BCUT2D eigenvalue weighted by atomic mass is 79.9. The van der Waals surface area contributed by atoms with Gasteiger partial charge in [-0.25, -0.2) is 0 Å². The Balaban J connectivity index is 1.67. The van der Waals surface area contributed by atoms with Gasteiger partial charge in [0.15, 0.2) is 0 Å². The summed E-state index contributed by atoms with van der Waals surface area (Å²) in [5.41, 5.74) is 4.36. The van der Waals surface area contributed by atoms with E-state index in [0.29, 0.717) is 17.7 Å². The van der Waals surface area contributed by atoms with E-state index in [9.17, 15) is 4.79 Å². The van der Waals surface area contributed by atoms with Crippen molar-refractivity contribution in [3.63, 3.8) is 0 Å². The van der Waals surface area contributed by atoms with E-state index in [4.69, 9.17) is 0 Å². The summed E-state index contributed by atoms with van der Waals surface area (Å²) >= 11 is 3.54. The molecule has 2 fully saturated rings. The third-order valence-electron chi connectivity index (χ3n) is 4.92. The lowest BCUT2D eigenvalue weighted by Gasteiger charge is -2.33. The Labute approximate surface area is 136 Å². The zero-order valence-corrected chi connectivity index (χ0v) is 14.4. The Hall–Kier alpha value is -0.830. The minimum Gasteiger partial charge on any atom is -0.342 e. The van der Waals surface area contributed by atoms with E-state index in [-0.39, 0.29) is 0 Å². The summed E-state index contributed by atoms with van der Waals surface area (Å²) < 4.78 is 0. The normalized spacial score (nSPS) is 19.8. The summed E-state index contributed by atoms with van der Waals surface area (Å²) in [5, 5.41) is 0.925. The van der Waals surface area contributed by atoms with Crippen molar-refractivity contribution in [3.05, 3.63) is 34.9 Å². The Morgan fingerprint density at radius 2 is 1.95 bits per heavy atom. The van der Waals surface area contributed by atoms with E-state index < -0.39 is 0 Å². The van der Waals surface area contributed by atoms with Crippen molar-refractivity contribution in [2.24, 2.45) is 5.92 Å². The van der Waals surface area contributed by atoms with Crippen LogP contribution in [0.3, 0.4) is 0 Å². The van der Waals surface area contributed by atoms with Gasteiger partial charge in [0.25, 0.3) is 0 Å². The average Bonchev–Trinajstić information content (AvgIpc) is 3.38. The van der Waals surface area contributed by atoms with Crippen molar-refractivity contribution >= 4 is 21.8 Å². The van der Waals surface area contributed by atoms with E-state index >= 15 is 0 Å². The summed E-state index contributed by atoms with van der Waals surface area (Å²) in [6.07, 6.45) is 5.58. The van der Waals surface area contributed by atoms with Gasteiger partial charge in [0, 0.05) is 24.3 Å². The largest absolute Gasteiger partial charge is 0.342 e. The monoisotopic (exact) mass is 349 g/mol. The van der Waals surface area contributed by atoms with Gasteiger partial charge in [0.1, 0.15) is 0 Å². The first-order chi connectivity index (χ1) is 10.2. The topological polar surface area (TPSA) is 20.3 Å². The lowest BCUT2D eigenvalue weighted by Crippen LogP contribution is -2.38. The van der Waals surface area contributed by atoms with E-state index in [2.05, 4.69) is 46.0 Å². The van der Waals surface area contributed by atoms with E-state index in [1.54, 1.807) is 0 Å². The quantitative estimate of drug-likeness (QED) is 0.743. The van der Waals surface area contributed by atoms with E-state index in [1.807, 2.05) is 0 Å². The van der Waals surface area contributed by atoms with Crippen molar-refractivity contribution < 1.29 is 4.79 Å². The smallest absolute Gasteiger partial charge is 0.225 e. The molecule has 0 bridgehead atoms. The van der Waals surface area contributed by atoms with Gasteiger partial charge in [0.2, 0.25) is 5.91 Å². The van der Waals surface area contributed by atoms with E-state index in [0.717, 1.165) is 50.5 Å². The molecule has 0 radical (unpaired) electrons. The summed E-state index contributed by atoms with van der Waals surface area (Å²) in [7, 11) is 0. The van der Waals surface area contributed by atoms with Crippen molar-refractivity contribution in [1.29, 1.82) is 0 Å². The second-order valence-corrected chi connectivity index (χ2v) is 6.95. The number of rotatable bonds is 4. The van der Waals surface area contributed by atoms with Crippen LogP contribution < -0.4 is 0 Å². The number of alkyl halides is 1. The molecule has 0 aromatic heterocycles. The van der Waals surface area contributed by atoms with Crippen LogP contribution in [0.2, 0.25) is 0 Å². The molecule has 1 heterocycles. The maximum atomic E-state index is 12.1. The molecule has 3 rings (SSSR count). The van der Waals surface area contributed by atoms with Crippen molar-refractivity contribution in [3.8, 4) is 0 Å². The molecule has 1 saturated carbocycles. The number of nitrogens with zero attached hydrogens (tertiary/aromatic N) is 1. The number of amides is 1.